The normalized spacial score (nSPS) is 19.0. The summed E-state index contributed by atoms with van der Waals surface area (Å²) in [6, 6.07) is 4.93. The van der Waals surface area contributed by atoms with Crippen molar-refractivity contribution < 1.29 is 34.2 Å². The molecule has 4 amide bonds. The minimum Gasteiger partial charge on any atom is -0.550 e. The van der Waals surface area contributed by atoms with Crippen molar-refractivity contribution in [2.75, 3.05) is 4.90 Å². The first-order valence-corrected chi connectivity index (χ1v) is 6.99. The third-order valence-corrected chi connectivity index (χ3v) is 3.26. The second-order valence-electron chi connectivity index (χ2n) is 4.99. The summed E-state index contributed by atoms with van der Waals surface area (Å²) >= 11 is 0. The molecular formula is C15H11N3O7-2. The first-order valence-electron chi connectivity index (χ1n) is 6.99. The predicted octanol–water partition coefficient (Wildman–Crippen LogP) is -2.79. The highest BCUT2D eigenvalue weighted by molar-refractivity contribution is 6.32. The van der Waals surface area contributed by atoms with E-state index in [-0.39, 0.29) is 5.69 Å². The lowest BCUT2D eigenvalue weighted by Gasteiger charge is -2.28. The van der Waals surface area contributed by atoms with Gasteiger partial charge in [-0.1, -0.05) is 18.2 Å². The van der Waals surface area contributed by atoms with E-state index in [2.05, 4.69) is 4.99 Å². The van der Waals surface area contributed by atoms with Gasteiger partial charge >= 0.3 is 6.03 Å². The van der Waals surface area contributed by atoms with E-state index in [0.717, 1.165) is 0 Å². The second kappa shape index (κ2) is 7.34. The Hall–Kier alpha value is -3.56. The summed E-state index contributed by atoms with van der Waals surface area (Å²) in [7, 11) is 0. The van der Waals surface area contributed by atoms with Crippen LogP contribution in [0.3, 0.4) is 0 Å². The molecule has 10 heteroatoms. The van der Waals surface area contributed by atoms with Crippen LogP contribution in [0.15, 0.2) is 35.3 Å². The zero-order valence-electron chi connectivity index (χ0n) is 12.6. The summed E-state index contributed by atoms with van der Waals surface area (Å²) in [5, 5.41) is 23.3. The molecule has 130 valence electrons. The lowest BCUT2D eigenvalue weighted by molar-refractivity contribution is -0.316. The topological polar surface area (TPSA) is 159 Å². The summed E-state index contributed by atoms with van der Waals surface area (Å²) in [5.41, 5.74) is 0.196. The number of carboxylic acid groups (broad SMARTS) is 2. The smallest absolute Gasteiger partial charge is 0.335 e. The summed E-state index contributed by atoms with van der Waals surface area (Å²) < 4.78 is 0. The van der Waals surface area contributed by atoms with Crippen molar-refractivity contribution in [2.24, 2.45) is 10.9 Å². The zero-order valence-corrected chi connectivity index (χ0v) is 12.6. The molecule has 25 heavy (non-hydrogen) atoms. The van der Waals surface area contributed by atoms with Crippen LogP contribution in [0.1, 0.15) is 6.42 Å². The summed E-state index contributed by atoms with van der Waals surface area (Å²) in [6.07, 6.45) is -0.299. The van der Waals surface area contributed by atoms with E-state index < -0.39 is 48.2 Å². The Kier molecular flexibility index (Phi) is 5.22. The quantitative estimate of drug-likeness (QED) is 0.431. The third-order valence-electron chi connectivity index (χ3n) is 3.26. The molecule has 1 aromatic rings. The van der Waals surface area contributed by atoms with Gasteiger partial charge in [0.05, 0.1) is 17.7 Å². The number of hydrogen-bond donors (Lipinski definition) is 1. The molecule has 10 nitrogen and oxygen atoms in total. The number of carboxylic acids is 2. The molecule has 2 atom stereocenters. The van der Waals surface area contributed by atoms with E-state index in [4.69, 9.17) is 0 Å². The number of para-hydroxylation sites is 1. The van der Waals surface area contributed by atoms with Gasteiger partial charge in [-0.25, -0.2) is 9.69 Å². The number of hydrogen-bond acceptors (Lipinski definition) is 8. The molecule has 0 aliphatic carbocycles. The van der Waals surface area contributed by atoms with Crippen molar-refractivity contribution in [1.29, 1.82) is 0 Å². The van der Waals surface area contributed by atoms with Gasteiger partial charge < -0.3 is 19.8 Å². The van der Waals surface area contributed by atoms with Gasteiger partial charge in [0.25, 0.3) is 5.91 Å². The number of nitrogens with zero attached hydrogens (tertiary/aromatic N) is 2. The Morgan fingerprint density at radius 2 is 1.84 bits per heavy atom. The molecular weight excluding hydrogens is 334 g/mol. The number of urea groups is 1. The number of nitrogens with one attached hydrogen (secondary N) is 1. The van der Waals surface area contributed by atoms with Gasteiger partial charge in [0, 0.05) is 18.6 Å². The number of amides is 4. The van der Waals surface area contributed by atoms with Crippen LogP contribution >= 0.6 is 0 Å². The number of benzene rings is 1. The maximum atomic E-state index is 12.4. The fourth-order valence-electron chi connectivity index (χ4n) is 2.09. The maximum Gasteiger partial charge on any atom is 0.335 e. The van der Waals surface area contributed by atoms with Crippen LogP contribution in [0.4, 0.5) is 10.5 Å². The number of barbiturate groups is 1. The van der Waals surface area contributed by atoms with Crippen LogP contribution < -0.4 is 20.4 Å². The molecule has 1 heterocycles. The van der Waals surface area contributed by atoms with Gasteiger partial charge in [0.15, 0.2) is 5.92 Å². The highest BCUT2D eigenvalue weighted by Gasteiger charge is 2.40. The number of imide groups is 2. The monoisotopic (exact) mass is 345 g/mol. The molecule has 0 unspecified atom stereocenters. The van der Waals surface area contributed by atoms with Crippen molar-refractivity contribution in [3.8, 4) is 0 Å². The molecule has 0 radical (unpaired) electrons. The van der Waals surface area contributed by atoms with Crippen molar-refractivity contribution in [3.63, 3.8) is 0 Å². The molecule has 2 rings (SSSR count). The predicted molar refractivity (Wildman–Crippen MR) is 77.9 cm³/mol. The van der Waals surface area contributed by atoms with Gasteiger partial charge in [-0.3, -0.25) is 19.9 Å². The molecule has 0 spiro atoms. The van der Waals surface area contributed by atoms with Crippen LogP contribution in [0.5, 0.6) is 0 Å². The van der Waals surface area contributed by atoms with Crippen molar-refractivity contribution >= 4 is 41.7 Å². The first kappa shape index (κ1) is 17.8. The number of anilines is 1. The van der Waals surface area contributed by atoms with Crippen molar-refractivity contribution in [1.82, 2.24) is 5.32 Å². The van der Waals surface area contributed by atoms with Crippen molar-refractivity contribution in [3.05, 3.63) is 30.3 Å². The van der Waals surface area contributed by atoms with E-state index in [1.165, 1.54) is 12.1 Å². The van der Waals surface area contributed by atoms with Crippen LogP contribution in [-0.2, 0) is 19.2 Å². The van der Waals surface area contributed by atoms with Gasteiger partial charge in [-0.05, 0) is 12.1 Å². The van der Waals surface area contributed by atoms with E-state index in [1.807, 2.05) is 5.32 Å². The molecule has 0 bridgehead atoms. The second-order valence-corrected chi connectivity index (χ2v) is 4.99. The summed E-state index contributed by atoms with van der Waals surface area (Å²) in [6.45, 7) is 0. The Morgan fingerprint density at radius 3 is 2.40 bits per heavy atom. The van der Waals surface area contributed by atoms with Crippen LogP contribution in [0.2, 0.25) is 0 Å². The number of aliphatic imine (C=N–C) groups is 1. The Bertz CT molecular complexity index is 760. The Balaban J connectivity index is 2.27. The third kappa shape index (κ3) is 4.05. The minimum absolute atomic E-state index is 0.196. The minimum atomic E-state index is -1.83. The zero-order chi connectivity index (χ0) is 18.6. The lowest BCUT2D eigenvalue weighted by Crippen LogP contribution is -2.58. The summed E-state index contributed by atoms with van der Waals surface area (Å²) in [5.74, 6) is -7.04. The average Bonchev–Trinajstić information content (AvgIpc) is 2.53. The van der Waals surface area contributed by atoms with E-state index >= 15 is 0 Å². The molecule has 0 saturated carbocycles. The summed E-state index contributed by atoms with van der Waals surface area (Å²) in [4.78, 5) is 61.6. The van der Waals surface area contributed by atoms with E-state index in [9.17, 15) is 34.2 Å². The fraction of sp³-hybridized carbons (Fsp3) is 0.200. The number of aliphatic carboxylic acids is 2. The van der Waals surface area contributed by atoms with E-state index in [0.29, 0.717) is 11.1 Å². The number of rotatable bonds is 6. The molecule has 0 aromatic heterocycles. The fourth-order valence-corrected chi connectivity index (χ4v) is 2.09. The van der Waals surface area contributed by atoms with Gasteiger partial charge in [-0.15, -0.1) is 0 Å². The molecule has 1 N–H and O–H groups in total. The highest BCUT2D eigenvalue weighted by atomic mass is 16.4. The number of carbonyl (C=O) groups excluding carboxylic acids is 5. The Morgan fingerprint density at radius 1 is 1.20 bits per heavy atom. The van der Waals surface area contributed by atoms with Crippen molar-refractivity contribution in [2.45, 2.75) is 12.5 Å². The van der Waals surface area contributed by atoms with Gasteiger partial charge in [-0.2, -0.15) is 0 Å². The standard InChI is InChI=1S/C15H13N3O7/c19-11(20)6-10(14(23)24)16-7-9-12(21)17-15(25)18(13(9)22)8-4-2-1-3-5-8/h1-5,7,9-10H,6H2,(H,19,20)(H,23,24)(H,17,21,25)/p-2/t9-,10+/m1/s1. The van der Waals surface area contributed by atoms with Gasteiger partial charge in [0.1, 0.15) is 0 Å². The first-order chi connectivity index (χ1) is 11.8. The molecule has 1 saturated heterocycles. The molecule has 1 aliphatic heterocycles. The molecule has 1 aromatic carbocycles. The average molecular weight is 345 g/mol. The molecule has 1 fully saturated rings. The largest absolute Gasteiger partial charge is 0.550 e. The lowest BCUT2D eigenvalue weighted by atomic mass is 10.1. The SMILES string of the molecule is O=C([O-])C[C@H](N=C[C@@H]1C(=O)NC(=O)N(c2ccccc2)C1=O)C(=O)[O-]. The van der Waals surface area contributed by atoms with E-state index in [1.54, 1.807) is 18.2 Å². The van der Waals surface area contributed by atoms with Crippen LogP contribution in [0, 0.1) is 5.92 Å². The Labute approximate surface area is 140 Å². The highest BCUT2D eigenvalue weighted by Crippen LogP contribution is 2.19. The number of carbonyl (C=O) groups is 5. The molecule has 1 aliphatic rings. The maximum absolute atomic E-state index is 12.4. The van der Waals surface area contributed by atoms with Crippen LogP contribution in [0.25, 0.3) is 0 Å². The van der Waals surface area contributed by atoms with Crippen LogP contribution in [-0.4, -0.2) is 42.0 Å². The van der Waals surface area contributed by atoms with Gasteiger partial charge in [0.2, 0.25) is 5.91 Å².